The van der Waals surface area contributed by atoms with Crippen LogP contribution in [0.15, 0.2) is 66.1 Å². The normalized spacial score (nSPS) is 13.1. The van der Waals surface area contributed by atoms with Crippen molar-refractivity contribution in [2.75, 3.05) is 31.0 Å². The lowest BCUT2D eigenvalue weighted by Crippen LogP contribution is -2.40. The number of anilines is 2. The van der Waals surface area contributed by atoms with E-state index in [0.717, 1.165) is 23.2 Å². The van der Waals surface area contributed by atoms with Gasteiger partial charge in [-0.05, 0) is 48.5 Å². The van der Waals surface area contributed by atoms with Crippen molar-refractivity contribution in [3.8, 4) is 11.5 Å². The van der Waals surface area contributed by atoms with Crippen molar-refractivity contribution in [1.29, 1.82) is 0 Å². The highest BCUT2D eigenvalue weighted by Gasteiger charge is 2.31. The maximum atomic E-state index is 13.0. The van der Waals surface area contributed by atoms with E-state index in [2.05, 4.69) is 16.0 Å². The smallest absolute Gasteiger partial charge is 0.416 e. The predicted molar refractivity (Wildman–Crippen MR) is 119 cm³/mol. The number of nitrogens with zero attached hydrogens (tertiary/aromatic N) is 1. The molecule has 180 valence electrons. The molecule has 1 aliphatic rings. The molecule has 0 unspecified atom stereocenters. The summed E-state index contributed by atoms with van der Waals surface area (Å²) >= 11 is 0. The van der Waals surface area contributed by atoms with Crippen LogP contribution in [0.4, 0.5) is 29.3 Å². The summed E-state index contributed by atoms with van der Waals surface area (Å²) in [6, 6.07) is 7.89. The molecule has 0 saturated heterocycles. The van der Waals surface area contributed by atoms with Gasteiger partial charge in [-0.2, -0.15) is 13.2 Å². The first kappa shape index (κ1) is 24.5. The highest BCUT2D eigenvalue weighted by atomic mass is 19.4. The number of nitrogens with two attached hydrogens (primary N) is 1. The van der Waals surface area contributed by atoms with Crippen molar-refractivity contribution in [2.45, 2.75) is 6.18 Å². The van der Waals surface area contributed by atoms with Gasteiger partial charge in [0, 0.05) is 19.7 Å². The minimum Gasteiger partial charge on any atom is -0.495 e. The fraction of sp³-hybridized carbons (Fsp3) is 0.182. The number of likely N-dealkylation sites (N-methyl/N-ethyl adjacent to an activating group) is 1. The first-order chi connectivity index (χ1) is 16.1. The Morgan fingerprint density at radius 2 is 1.85 bits per heavy atom. The summed E-state index contributed by atoms with van der Waals surface area (Å²) in [7, 11) is 2.78. The van der Waals surface area contributed by atoms with Crippen LogP contribution in [0.3, 0.4) is 0 Å². The molecule has 0 bridgehead atoms. The Hall–Kier alpha value is -4.19. The molecule has 3 amide bonds. The SMILES string of the molecule is CNC(=O)C1=CC(Oc2ccc(N(N)C(=O)Nc3cc(C(F)(F)F)ccc3OC)cc2)=CCN1. The van der Waals surface area contributed by atoms with Crippen LogP contribution in [0, 0.1) is 0 Å². The van der Waals surface area contributed by atoms with Crippen LogP contribution in [0.25, 0.3) is 0 Å². The number of alkyl halides is 3. The molecule has 0 spiro atoms. The first-order valence-electron chi connectivity index (χ1n) is 9.89. The number of carbonyl (C=O) groups excluding carboxylic acids is 2. The molecule has 2 aromatic carbocycles. The number of benzene rings is 2. The average Bonchev–Trinajstić information content (AvgIpc) is 2.83. The van der Waals surface area contributed by atoms with E-state index in [0.29, 0.717) is 23.8 Å². The molecule has 0 saturated carbocycles. The van der Waals surface area contributed by atoms with Gasteiger partial charge in [0.2, 0.25) is 0 Å². The molecule has 1 aliphatic heterocycles. The molecule has 1 heterocycles. The summed E-state index contributed by atoms with van der Waals surface area (Å²) in [6.07, 6.45) is -1.31. The van der Waals surface area contributed by atoms with E-state index in [4.69, 9.17) is 15.3 Å². The number of amides is 3. The van der Waals surface area contributed by atoms with Crippen LogP contribution in [0.2, 0.25) is 0 Å². The number of methoxy groups -OCH3 is 1. The molecular formula is C22H22F3N5O4. The largest absolute Gasteiger partial charge is 0.495 e. The minimum absolute atomic E-state index is 0.0397. The van der Waals surface area contributed by atoms with Gasteiger partial charge in [-0.1, -0.05) is 0 Å². The molecular weight excluding hydrogens is 455 g/mol. The topological polar surface area (TPSA) is 118 Å². The number of hydrogen-bond donors (Lipinski definition) is 4. The Labute approximate surface area is 193 Å². The highest BCUT2D eigenvalue weighted by molar-refractivity contribution is 6.01. The molecule has 0 aromatic heterocycles. The molecule has 3 rings (SSSR count). The van der Waals surface area contributed by atoms with E-state index in [1.807, 2.05) is 0 Å². The van der Waals surface area contributed by atoms with Crippen LogP contribution in [-0.2, 0) is 11.0 Å². The van der Waals surface area contributed by atoms with Gasteiger partial charge in [-0.25, -0.2) is 15.6 Å². The Morgan fingerprint density at radius 1 is 1.15 bits per heavy atom. The number of hydrogen-bond acceptors (Lipinski definition) is 6. The van der Waals surface area contributed by atoms with Crippen molar-refractivity contribution in [3.05, 3.63) is 71.6 Å². The zero-order chi connectivity index (χ0) is 24.9. The minimum atomic E-state index is -4.59. The second-order valence-corrected chi connectivity index (χ2v) is 6.93. The number of nitrogens with one attached hydrogen (secondary N) is 3. The molecule has 0 atom stereocenters. The van der Waals surface area contributed by atoms with E-state index in [1.165, 1.54) is 26.3 Å². The summed E-state index contributed by atoms with van der Waals surface area (Å²) < 4.78 is 49.8. The number of hydrazine groups is 1. The van der Waals surface area contributed by atoms with Crippen LogP contribution < -0.4 is 36.3 Å². The van der Waals surface area contributed by atoms with E-state index < -0.39 is 17.8 Å². The average molecular weight is 477 g/mol. The van der Waals surface area contributed by atoms with Crippen molar-refractivity contribution in [1.82, 2.24) is 10.6 Å². The van der Waals surface area contributed by atoms with Gasteiger partial charge in [0.1, 0.15) is 23.0 Å². The molecule has 0 radical (unpaired) electrons. The Bertz CT molecular complexity index is 1130. The van der Waals surface area contributed by atoms with Crippen molar-refractivity contribution < 1.29 is 32.2 Å². The standard InChI is InChI=1S/C22H22F3N5O4/c1-27-20(31)18-12-16(9-10-28-18)34-15-6-4-14(5-7-15)30(26)21(32)29-17-11-13(22(23,24)25)3-8-19(17)33-2/h3-9,11-12,28H,10,26H2,1-2H3,(H,27,31)(H,29,32). The summed E-state index contributed by atoms with van der Waals surface area (Å²) in [6.45, 7) is 0.405. The fourth-order valence-electron chi connectivity index (χ4n) is 2.95. The number of allylic oxidation sites excluding steroid dienone is 1. The second kappa shape index (κ2) is 10.2. The Morgan fingerprint density at radius 3 is 2.47 bits per heavy atom. The molecule has 2 aromatic rings. The molecule has 0 aliphatic carbocycles. The fourth-order valence-corrected chi connectivity index (χ4v) is 2.95. The first-order valence-corrected chi connectivity index (χ1v) is 9.89. The summed E-state index contributed by atoms with van der Waals surface area (Å²) in [5, 5.41) is 8.48. The maximum Gasteiger partial charge on any atom is 0.416 e. The van der Waals surface area contributed by atoms with Gasteiger partial charge in [0.15, 0.2) is 0 Å². The third-order valence-electron chi connectivity index (χ3n) is 4.69. The van der Waals surface area contributed by atoms with Crippen LogP contribution >= 0.6 is 0 Å². The maximum absolute atomic E-state index is 13.0. The van der Waals surface area contributed by atoms with Crippen molar-refractivity contribution in [2.24, 2.45) is 5.84 Å². The van der Waals surface area contributed by atoms with E-state index in [1.54, 1.807) is 24.3 Å². The monoisotopic (exact) mass is 477 g/mol. The third kappa shape index (κ3) is 5.78. The van der Waals surface area contributed by atoms with Gasteiger partial charge in [0.05, 0.1) is 24.0 Å². The zero-order valence-corrected chi connectivity index (χ0v) is 18.2. The van der Waals surface area contributed by atoms with Gasteiger partial charge < -0.3 is 25.4 Å². The summed E-state index contributed by atoms with van der Waals surface area (Å²) in [4.78, 5) is 24.3. The number of ether oxygens (including phenoxy) is 2. The predicted octanol–water partition coefficient (Wildman–Crippen LogP) is 3.12. The zero-order valence-electron chi connectivity index (χ0n) is 18.2. The number of halogens is 3. The van der Waals surface area contributed by atoms with Crippen LogP contribution in [0.1, 0.15) is 5.56 Å². The van der Waals surface area contributed by atoms with Gasteiger partial charge >= 0.3 is 12.2 Å². The van der Waals surface area contributed by atoms with E-state index >= 15 is 0 Å². The number of dihydropyridines is 1. The van der Waals surface area contributed by atoms with Gasteiger partial charge in [-0.15, -0.1) is 0 Å². The highest BCUT2D eigenvalue weighted by Crippen LogP contribution is 2.35. The lowest BCUT2D eigenvalue weighted by Gasteiger charge is -2.20. The Kier molecular flexibility index (Phi) is 7.31. The lowest BCUT2D eigenvalue weighted by atomic mass is 10.2. The quantitative estimate of drug-likeness (QED) is 0.289. The molecule has 34 heavy (non-hydrogen) atoms. The van der Waals surface area contributed by atoms with E-state index in [-0.39, 0.29) is 23.0 Å². The van der Waals surface area contributed by atoms with Crippen molar-refractivity contribution in [3.63, 3.8) is 0 Å². The lowest BCUT2D eigenvalue weighted by molar-refractivity contribution is -0.137. The van der Waals surface area contributed by atoms with Gasteiger partial charge in [0.25, 0.3) is 5.91 Å². The van der Waals surface area contributed by atoms with Crippen molar-refractivity contribution >= 4 is 23.3 Å². The number of urea groups is 1. The summed E-state index contributed by atoms with van der Waals surface area (Å²) in [5.74, 6) is 6.46. The molecule has 0 fully saturated rings. The van der Waals surface area contributed by atoms with Crippen LogP contribution in [0.5, 0.6) is 11.5 Å². The van der Waals surface area contributed by atoms with Gasteiger partial charge in [-0.3, -0.25) is 4.79 Å². The Balaban J connectivity index is 1.70. The number of rotatable bonds is 6. The number of carbonyl (C=O) groups is 2. The van der Waals surface area contributed by atoms with E-state index in [9.17, 15) is 22.8 Å². The second-order valence-electron chi connectivity index (χ2n) is 6.93. The summed E-state index contributed by atoms with van der Waals surface area (Å²) in [5.41, 5.74) is -0.535. The third-order valence-corrected chi connectivity index (χ3v) is 4.69. The molecule has 12 heteroatoms. The molecule has 5 N–H and O–H groups in total. The van der Waals surface area contributed by atoms with Crippen LogP contribution in [-0.4, -0.2) is 32.6 Å². The molecule has 9 nitrogen and oxygen atoms in total.